The van der Waals surface area contributed by atoms with Crippen molar-refractivity contribution in [2.45, 2.75) is 88.0 Å². The molecule has 0 aromatic heterocycles. The minimum atomic E-state index is 0.0649. The lowest BCUT2D eigenvalue weighted by atomic mass is 9.78. The Morgan fingerprint density at radius 1 is 0.714 bits per heavy atom. The summed E-state index contributed by atoms with van der Waals surface area (Å²) < 4.78 is 0. The van der Waals surface area contributed by atoms with Crippen LogP contribution in [-0.4, -0.2) is 5.84 Å². The Morgan fingerprint density at radius 2 is 1.19 bits per heavy atom. The van der Waals surface area contributed by atoms with E-state index in [1.165, 1.54) is 17.8 Å². The molecule has 0 aromatic rings. The molecule has 0 saturated carbocycles. The third-order valence-corrected chi connectivity index (χ3v) is 5.19. The molecule has 1 heterocycles. The van der Waals surface area contributed by atoms with Gasteiger partial charge in [-0.25, -0.2) is 10.3 Å². The van der Waals surface area contributed by atoms with E-state index in [-0.39, 0.29) is 16.2 Å². The Labute approximate surface area is 132 Å². The van der Waals surface area contributed by atoms with E-state index in [0.29, 0.717) is 0 Å². The Kier molecular flexibility index (Phi) is 5.34. The number of amidine groups is 1. The largest absolute Gasteiger partial charge is 0.235 e. The Hall–Kier alpha value is -0.790. The predicted octanol–water partition coefficient (Wildman–Crippen LogP) is 5.91. The molecule has 2 heteroatoms. The number of aliphatic imine (C=N–C) groups is 1. The van der Waals surface area contributed by atoms with Gasteiger partial charge < -0.3 is 0 Å². The lowest BCUT2D eigenvalue weighted by molar-refractivity contribution is 0.369. The number of nitrogens with zero attached hydrogens (tertiary/aromatic N) is 2. The van der Waals surface area contributed by atoms with E-state index in [1.807, 2.05) is 0 Å². The molecule has 0 aliphatic carbocycles. The van der Waals surface area contributed by atoms with Crippen LogP contribution in [0.15, 0.2) is 16.4 Å². The van der Waals surface area contributed by atoms with Crippen molar-refractivity contribution in [3.8, 4) is 0 Å². The molecule has 121 valence electrons. The van der Waals surface area contributed by atoms with Crippen LogP contribution in [-0.2, 0) is 0 Å². The van der Waals surface area contributed by atoms with E-state index >= 15 is 0 Å². The van der Waals surface area contributed by atoms with Gasteiger partial charge in [-0.3, -0.25) is 0 Å². The fourth-order valence-electron chi connectivity index (χ4n) is 2.66. The summed E-state index contributed by atoms with van der Waals surface area (Å²) in [6.07, 6.45) is 4.48. The summed E-state index contributed by atoms with van der Waals surface area (Å²) >= 11 is 0. The second-order valence-corrected chi connectivity index (χ2v) is 8.35. The maximum absolute atomic E-state index is 5.05. The molecule has 21 heavy (non-hydrogen) atoms. The summed E-state index contributed by atoms with van der Waals surface area (Å²) in [4.78, 5) is 5.05. The predicted molar refractivity (Wildman–Crippen MR) is 93.4 cm³/mol. The molecule has 0 atom stereocenters. The molecule has 0 N–H and O–H groups in total. The van der Waals surface area contributed by atoms with Crippen molar-refractivity contribution in [1.29, 1.82) is 0 Å². The van der Waals surface area contributed by atoms with Gasteiger partial charge in [-0.15, -0.1) is 0 Å². The molecule has 1 radical (unpaired) electrons. The zero-order chi connectivity index (χ0) is 16.5. The van der Waals surface area contributed by atoms with Gasteiger partial charge in [0.2, 0.25) is 0 Å². The zero-order valence-corrected chi connectivity index (χ0v) is 15.7. The first-order valence-electron chi connectivity index (χ1n) is 8.58. The van der Waals surface area contributed by atoms with Gasteiger partial charge in [-0.2, -0.15) is 0 Å². The van der Waals surface area contributed by atoms with Crippen molar-refractivity contribution >= 4 is 5.84 Å². The molecule has 0 unspecified atom stereocenters. The van der Waals surface area contributed by atoms with Crippen LogP contribution < -0.4 is 5.32 Å². The van der Waals surface area contributed by atoms with E-state index in [1.54, 1.807) is 0 Å². The third kappa shape index (κ3) is 3.70. The quantitative estimate of drug-likeness (QED) is 0.557. The highest BCUT2D eigenvalue weighted by atomic mass is 15.1. The average molecular weight is 292 g/mol. The van der Waals surface area contributed by atoms with Crippen molar-refractivity contribution in [1.82, 2.24) is 5.32 Å². The van der Waals surface area contributed by atoms with Gasteiger partial charge in [0, 0.05) is 16.2 Å². The monoisotopic (exact) mass is 291 g/mol. The number of hydrogen-bond donors (Lipinski definition) is 0. The van der Waals surface area contributed by atoms with Crippen LogP contribution in [0.3, 0.4) is 0 Å². The first-order valence-corrected chi connectivity index (χ1v) is 8.58. The maximum atomic E-state index is 5.05. The van der Waals surface area contributed by atoms with Crippen molar-refractivity contribution in [3.05, 3.63) is 11.4 Å². The van der Waals surface area contributed by atoms with Gasteiger partial charge >= 0.3 is 0 Å². The molecule has 1 aliphatic heterocycles. The van der Waals surface area contributed by atoms with E-state index in [2.05, 4.69) is 62.3 Å². The molecule has 0 spiro atoms. The molecule has 0 fully saturated rings. The molecular weight excluding hydrogens is 256 g/mol. The SMILES string of the molecule is CCCC(C)(C)C1=NC(C(C)(C)CC)=C(C(C)(C)CC)[N]1. The van der Waals surface area contributed by atoms with Crippen molar-refractivity contribution in [2.75, 3.05) is 0 Å². The van der Waals surface area contributed by atoms with Crippen LogP contribution >= 0.6 is 0 Å². The third-order valence-electron chi connectivity index (χ3n) is 5.19. The number of hydrogen-bond acceptors (Lipinski definition) is 1. The molecule has 1 aliphatic rings. The zero-order valence-electron chi connectivity index (χ0n) is 15.7. The molecule has 0 amide bonds. The van der Waals surface area contributed by atoms with Gasteiger partial charge in [0.1, 0.15) is 5.84 Å². The molecular formula is C19H35N2. The van der Waals surface area contributed by atoms with E-state index < -0.39 is 0 Å². The molecule has 0 aromatic carbocycles. The van der Waals surface area contributed by atoms with Gasteiger partial charge in [-0.1, -0.05) is 68.7 Å². The lowest BCUT2D eigenvalue weighted by Crippen LogP contribution is -2.33. The summed E-state index contributed by atoms with van der Waals surface area (Å²) in [5.74, 6) is 1.04. The minimum absolute atomic E-state index is 0.0649. The highest BCUT2D eigenvalue weighted by Crippen LogP contribution is 2.44. The van der Waals surface area contributed by atoms with Crippen molar-refractivity contribution in [2.24, 2.45) is 21.2 Å². The Morgan fingerprint density at radius 3 is 1.62 bits per heavy atom. The topological polar surface area (TPSA) is 26.5 Å². The Bertz CT molecular complexity index is 436. The highest BCUT2D eigenvalue weighted by molar-refractivity contribution is 5.92. The fourth-order valence-corrected chi connectivity index (χ4v) is 2.66. The summed E-state index contributed by atoms with van der Waals surface area (Å²) in [5.41, 5.74) is 2.69. The molecule has 0 bridgehead atoms. The Balaban J connectivity index is 3.27. The van der Waals surface area contributed by atoms with Crippen LogP contribution in [0.2, 0.25) is 0 Å². The van der Waals surface area contributed by atoms with Gasteiger partial charge in [0.25, 0.3) is 0 Å². The van der Waals surface area contributed by atoms with Gasteiger partial charge in [0.15, 0.2) is 0 Å². The minimum Gasteiger partial charge on any atom is -0.235 e. The normalized spacial score (nSPS) is 17.1. The highest BCUT2D eigenvalue weighted by Gasteiger charge is 2.40. The summed E-state index contributed by atoms with van der Waals surface area (Å²) in [7, 11) is 0. The van der Waals surface area contributed by atoms with Crippen molar-refractivity contribution in [3.63, 3.8) is 0 Å². The van der Waals surface area contributed by atoms with Gasteiger partial charge in [-0.05, 0) is 19.3 Å². The van der Waals surface area contributed by atoms with Crippen LogP contribution in [0.4, 0.5) is 0 Å². The average Bonchev–Trinajstić information content (AvgIpc) is 2.86. The number of allylic oxidation sites excluding steroid dienone is 2. The van der Waals surface area contributed by atoms with E-state index in [4.69, 9.17) is 10.3 Å². The maximum Gasteiger partial charge on any atom is 0.134 e. The van der Waals surface area contributed by atoms with Gasteiger partial charge in [0.05, 0.1) is 11.4 Å². The van der Waals surface area contributed by atoms with Crippen LogP contribution in [0.1, 0.15) is 88.0 Å². The summed E-state index contributed by atoms with van der Waals surface area (Å²) in [6.45, 7) is 20.5. The lowest BCUT2D eigenvalue weighted by Gasteiger charge is -2.30. The van der Waals surface area contributed by atoms with E-state index in [9.17, 15) is 0 Å². The van der Waals surface area contributed by atoms with Crippen molar-refractivity contribution < 1.29 is 0 Å². The second-order valence-electron chi connectivity index (χ2n) is 8.35. The summed E-state index contributed by atoms with van der Waals surface area (Å²) in [6, 6.07) is 0. The molecule has 1 rings (SSSR count). The first-order chi connectivity index (χ1) is 9.51. The van der Waals surface area contributed by atoms with Crippen LogP contribution in [0, 0.1) is 16.2 Å². The first kappa shape index (κ1) is 18.3. The smallest absolute Gasteiger partial charge is 0.134 e. The molecule has 2 nitrogen and oxygen atoms in total. The summed E-state index contributed by atoms with van der Waals surface area (Å²) in [5, 5.41) is 5.05. The molecule has 0 saturated heterocycles. The van der Waals surface area contributed by atoms with Crippen LogP contribution in [0.5, 0.6) is 0 Å². The fraction of sp³-hybridized carbons (Fsp3) is 0.842. The second kappa shape index (κ2) is 6.14. The number of rotatable bonds is 7. The van der Waals surface area contributed by atoms with E-state index in [0.717, 1.165) is 25.1 Å². The standard InChI is InChI=1S/C19H35N2/c1-10-13-19(8,9)16-20-14(17(4,5)11-2)15(21-16)18(6,7)12-3/h10-13H2,1-9H3. The van der Waals surface area contributed by atoms with Crippen LogP contribution in [0.25, 0.3) is 0 Å².